The topological polar surface area (TPSA) is 29.9 Å². The van der Waals surface area contributed by atoms with E-state index >= 15 is 0 Å². The summed E-state index contributed by atoms with van der Waals surface area (Å²) in [6.07, 6.45) is 11.3. The molecular weight excluding hydrogens is 234 g/mol. The van der Waals surface area contributed by atoms with Gasteiger partial charge in [-0.3, -0.25) is 0 Å². The highest BCUT2D eigenvalue weighted by atomic mass is 15.1. The van der Waals surface area contributed by atoms with Gasteiger partial charge in [-0.05, 0) is 37.0 Å². The van der Waals surface area contributed by atoms with Crippen LogP contribution in [-0.4, -0.2) is 21.6 Å². The van der Waals surface area contributed by atoms with Crippen LogP contribution in [0, 0.1) is 11.3 Å². The summed E-state index contributed by atoms with van der Waals surface area (Å²) in [5.41, 5.74) is 0.271. The first-order valence-electron chi connectivity index (χ1n) is 7.67. The van der Waals surface area contributed by atoms with Gasteiger partial charge in [0.1, 0.15) is 0 Å². The van der Waals surface area contributed by atoms with Crippen LogP contribution in [0.2, 0.25) is 0 Å². The van der Waals surface area contributed by atoms with Gasteiger partial charge in [0.15, 0.2) is 0 Å². The molecule has 2 rings (SSSR count). The first-order chi connectivity index (χ1) is 8.95. The largest absolute Gasteiger partial charge is 0.336 e. The Kier molecular flexibility index (Phi) is 4.67. The van der Waals surface area contributed by atoms with Gasteiger partial charge in [-0.25, -0.2) is 4.98 Å². The number of rotatable bonds is 4. The molecule has 1 aliphatic carbocycles. The molecule has 0 saturated heterocycles. The first-order valence-corrected chi connectivity index (χ1v) is 7.67. The summed E-state index contributed by atoms with van der Waals surface area (Å²) in [5, 5.41) is 3.91. The molecule has 3 heteroatoms. The Morgan fingerprint density at radius 3 is 2.47 bits per heavy atom. The molecule has 3 nitrogen and oxygen atoms in total. The quantitative estimate of drug-likeness (QED) is 0.901. The van der Waals surface area contributed by atoms with E-state index in [0.717, 1.165) is 12.5 Å². The summed E-state index contributed by atoms with van der Waals surface area (Å²) in [7, 11) is 0. The van der Waals surface area contributed by atoms with Gasteiger partial charge in [0.05, 0.1) is 6.33 Å². The number of hydrogen-bond donors (Lipinski definition) is 1. The van der Waals surface area contributed by atoms with Crippen molar-refractivity contribution in [3.05, 3.63) is 18.7 Å². The lowest BCUT2D eigenvalue weighted by molar-refractivity contribution is 0.193. The van der Waals surface area contributed by atoms with E-state index in [2.05, 4.69) is 48.8 Å². The van der Waals surface area contributed by atoms with Crippen LogP contribution >= 0.6 is 0 Å². The first kappa shape index (κ1) is 14.6. The van der Waals surface area contributed by atoms with Crippen molar-refractivity contribution in [1.82, 2.24) is 14.9 Å². The van der Waals surface area contributed by atoms with Crippen molar-refractivity contribution in [1.29, 1.82) is 0 Å². The third-order valence-corrected chi connectivity index (χ3v) is 4.45. The van der Waals surface area contributed by atoms with Crippen molar-refractivity contribution in [3.8, 4) is 0 Å². The molecule has 1 saturated carbocycles. The lowest BCUT2D eigenvalue weighted by Gasteiger charge is -2.37. The summed E-state index contributed by atoms with van der Waals surface area (Å²) >= 11 is 0. The Morgan fingerprint density at radius 1 is 1.26 bits per heavy atom. The van der Waals surface area contributed by atoms with Crippen LogP contribution in [0.15, 0.2) is 18.7 Å². The Balaban J connectivity index is 1.94. The van der Waals surface area contributed by atoms with Crippen molar-refractivity contribution in [2.75, 3.05) is 0 Å². The second-order valence-corrected chi connectivity index (χ2v) is 7.30. The van der Waals surface area contributed by atoms with Gasteiger partial charge >= 0.3 is 0 Å². The van der Waals surface area contributed by atoms with Gasteiger partial charge in [-0.15, -0.1) is 0 Å². The van der Waals surface area contributed by atoms with E-state index in [9.17, 15) is 0 Å². The molecule has 0 aromatic carbocycles. The SMILES string of the molecule is CC1CCC(NC(Cn2ccnc2)C(C)(C)C)CC1. The molecule has 1 N–H and O–H groups in total. The van der Waals surface area contributed by atoms with Crippen LogP contribution < -0.4 is 5.32 Å². The van der Waals surface area contributed by atoms with E-state index in [0.29, 0.717) is 12.1 Å². The number of imidazole rings is 1. The zero-order valence-electron chi connectivity index (χ0n) is 12.9. The monoisotopic (exact) mass is 263 g/mol. The van der Waals surface area contributed by atoms with Gasteiger partial charge < -0.3 is 9.88 Å². The average Bonchev–Trinajstić information content (AvgIpc) is 2.83. The van der Waals surface area contributed by atoms with Crippen molar-refractivity contribution in [2.24, 2.45) is 11.3 Å². The molecule has 1 aliphatic rings. The summed E-state index contributed by atoms with van der Waals surface area (Å²) in [6, 6.07) is 1.20. The lowest BCUT2D eigenvalue weighted by atomic mass is 9.83. The highest BCUT2D eigenvalue weighted by molar-refractivity contribution is 4.88. The number of hydrogen-bond acceptors (Lipinski definition) is 2. The lowest BCUT2D eigenvalue weighted by Crippen LogP contribution is -2.49. The minimum absolute atomic E-state index is 0.271. The van der Waals surface area contributed by atoms with Crippen LogP contribution in [0.3, 0.4) is 0 Å². The highest BCUT2D eigenvalue weighted by Gasteiger charge is 2.28. The van der Waals surface area contributed by atoms with E-state index in [1.807, 2.05) is 12.5 Å². The molecular formula is C16H29N3. The van der Waals surface area contributed by atoms with Gasteiger partial charge in [-0.1, -0.05) is 27.7 Å². The Labute approximate surface area is 117 Å². The van der Waals surface area contributed by atoms with Crippen molar-refractivity contribution in [2.45, 2.75) is 72.0 Å². The van der Waals surface area contributed by atoms with Crippen molar-refractivity contribution >= 4 is 0 Å². The molecule has 0 radical (unpaired) electrons. The Bertz CT molecular complexity index is 356. The molecule has 0 bridgehead atoms. The summed E-state index contributed by atoms with van der Waals surface area (Å²) < 4.78 is 2.19. The maximum Gasteiger partial charge on any atom is 0.0946 e. The molecule has 1 aromatic heterocycles. The minimum atomic E-state index is 0.271. The van der Waals surface area contributed by atoms with Crippen LogP contribution in [-0.2, 0) is 6.54 Å². The fraction of sp³-hybridized carbons (Fsp3) is 0.812. The molecule has 0 amide bonds. The third-order valence-electron chi connectivity index (χ3n) is 4.45. The number of nitrogens with one attached hydrogen (secondary N) is 1. The maximum absolute atomic E-state index is 4.15. The predicted molar refractivity (Wildman–Crippen MR) is 80.0 cm³/mol. The van der Waals surface area contributed by atoms with Crippen LogP contribution in [0.5, 0.6) is 0 Å². The van der Waals surface area contributed by atoms with Crippen LogP contribution in [0.4, 0.5) is 0 Å². The highest BCUT2D eigenvalue weighted by Crippen LogP contribution is 2.27. The Hall–Kier alpha value is -0.830. The molecule has 0 spiro atoms. The summed E-state index contributed by atoms with van der Waals surface area (Å²) in [5.74, 6) is 0.916. The normalized spacial score (nSPS) is 26.3. The molecule has 1 fully saturated rings. The number of aromatic nitrogens is 2. The smallest absolute Gasteiger partial charge is 0.0946 e. The van der Waals surface area contributed by atoms with Gasteiger partial charge in [-0.2, -0.15) is 0 Å². The van der Waals surface area contributed by atoms with Gasteiger partial charge in [0, 0.05) is 31.0 Å². The number of nitrogens with zero attached hydrogens (tertiary/aromatic N) is 2. The molecule has 0 aliphatic heterocycles. The van der Waals surface area contributed by atoms with E-state index in [1.165, 1.54) is 25.7 Å². The zero-order valence-corrected chi connectivity index (χ0v) is 12.9. The fourth-order valence-electron chi connectivity index (χ4n) is 2.89. The average molecular weight is 263 g/mol. The molecule has 1 aromatic rings. The van der Waals surface area contributed by atoms with Gasteiger partial charge in [0.25, 0.3) is 0 Å². The van der Waals surface area contributed by atoms with E-state index < -0.39 is 0 Å². The van der Waals surface area contributed by atoms with Crippen molar-refractivity contribution < 1.29 is 0 Å². The standard InChI is InChI=1S/C16H29N3/c1-13-5-7-14(8-6-13)18-15(16(2,3)4)11-19-10-9-17-12-19/h9-10,12-15,18H,5-8,11H2,1-4H3. The second-order valence-electron chi connectivity index (χ2n) is 7.30. The molecule has 108 valence electrons. The fourth-order valence-corrected chi connectivity index (χ4v) is 2.89. The molecule has 1 unspecified atom stereocenters. The molecule has 1 atom stereocenters. The maximum atomic E-state index is 4.15. The minimum Gasteiger partial charge on any atom is -0.336 e. The Morgan fingerprint density at radius 2 is 1.95 bits per heavy atom. The zero-order chi connectivity index (χ0) is 13.9. The van der Waals surface area contributed by atoms with Crippen molar-refractivity contribution in [3.63, 3.8) is 0 Å². The van der Waals surface area contributed by atoms with E-state index in [4.69, 9.17) is 0 Å². The third kappa shape index (κ3) is 4.34. The summed E-state index contributed by atoms with van der Waals surface area (Å²) in [4.78, 5) is 4.15. The van der Waals surface area contributed by atoms with E-state index in [-0.39, 0.29) is 5.41 Å². The molecule has 19 heavy (non-hydrogen) atoms. The van der Waals surface area contributed by atoms with Crippen LogP contribution in [0.25, 0.3) is 0 Å². The predicted octanol–water partition coefficient (Wildman–Crippen LogP) is 3.47. The van der Waals surface area contributed by atoms with Gasteiger partial charge in [0.2, 0.25) is 0 Å². The van der Waals surface area contributed by atoms with Crippen LogP contribution in [0.1, 0.15) is 53.4 Å². The summed E-state index contributed by atoms with van der Waals surface area (Å²) in [6.45, 7) is 10.4. The molecule has 1 heterocycles. The second kappa shape index (κ2) is 6.08. The van der Waals surface area contributed by atoms with E-state index in [1.54, 1.807) is 0 Å².